The maximum atomic E-state index is 17.3. The van der Waals surface area contributed by atoms with Crippen LogP contribution >= 0.6 is 0 Å². The highest BCUT2D eigenvalue weighted by Crippen LogP contribution is 2.74. The van der Waals surface area contributed by atoms with E-state index < -0.39 is 46.1 Å². The zero-order valence-electron chi connectivity index (χ0n) is 18.9. The van der Waals surface area contributed by atoms with E-state index in [2.05, 4.69) is 13.5 Å². The van der Waals surface area contributed by atoms with Crippen LogP contribution in [0.25, 0.3) is 0 Å². The summed E-state index contributed by atoms with van der Waals surface area (Å²) in [6, 6.07) is 0. The minimum Gasteiger partial charge on any atom is -0.390 e. The molecule has 6 aliphatic rings. The molecule has 1 unspecified atom stereocenters. The molecule has 2 heterocycles. The van der Waals surface area contributed by atoms with Crippen molar-refractivity contribution in [1.29, 1.82) is 0 Å². The van der Waals surface area contributed by atoms with Crippen LogP contribution in [0.1, 0.15) is 40.0 Å². The Labute approximate surface area is 187 Å². The van der Waals surface area contributed by atoms with Crippen LogP contribution in [0.3, 0.4) is 0 Å². The normalized spacial score (nSPS) is 58.8. The fourth-order valence-electron chi connectivity index (χ4n) is 8.80. The number of ether oxygens (including phenoxy) is 4. The zero-order chi connectivity index (χ0) is 22.7. The number of alkyl halides is 2. The van der Waals surface area contributed by atoms with Gasteiger partial charge in [-0.15, -0.1) is 0 Å². The fraction of sp³-hybridized carbons (Fsp3) is 0.760. The van der Waals surface area contributed by atoms with Gasteiger partial charge in [0.2, 0.25) is 5.79 Å². The molecule has 0 aromatic rings. The number of fused-ring (bicyclic) bond motifs is 7. The summed E-state index contributed by atoms with van der Waals surface area (Å²) in [5.41, 5.74) is -3.75. The lowest BCUT2D eigenvalue weighted by Gasteiger charge is -2.64. The van der Waals surface area contributed by atoms with Gasteiger partial charge in [0.25, 0.3) is 0 Å². The molecule has 176 valence electrons. The molecule has 7 heteroatoms. The first kappa shape index (κ1) is 21.4. The summed E-state index contributed by atoms with van der Waals surface area (Å²) in [7, 11) is 0. The van der Waals surface area contributed by atoms with Crippen molar-refractivity contribution in [3.05, 3.63) is 36.0 Å². The van der Waals surface area contributed by atoms with Gasteiger partial charge in [0.15, 0.2) is 19.3 Å². The summed E-state index contributed by atoms with van der Waals surface area (Å²) in [6.45, 7) is 10.1. The monoisotopic (exact) mass is 450 g/mol. The Morgan fingerprint density at radius 1 is 1.12 bits per heavy atom. The van der Waals surface area contributed by atoms with Crippen molar-refractivity contribution in [2.75, 3.05) is 20.2 Å². The Bertz CT molecular complexity index is 922. The van der Waals surface area contributed by atoms with Crippen LogP contribution < -0.4 is 0 Å². The highest BCUT2D eigenvalue weighted by molar-refractivity contribution is 5.48. The smallest absolute Gasteiger partial charge is 0.227 e. The molecule has 0 radical (unpaired) electrons. The number of hydrogen-bond acceptors (Lipinski definition) is 5. The number of halogens is 2. The first-order valence-electron chi connectivity index (χ1n) is 11.7. The minimum atomic E-state index is -1.99. The lowest BCUT2D eigenvalue weighted by molar-refractivity contribution is -0.278. The van der Waals surface area contributed by atoms with Gasteiger partial charge in [-0.2, -0.15) is 0 Å². The van der Waals surface area contributed by atoms with Gasteiger partial charge < -0.3 is 24.1 Å². The van der Waals surface area contributed by atoms with E-state index in [4.69, 9.17) is 18.9 Å². The Balaban J connectivity index is 1.50. The summed E-state index contributed by atoms with van der Waals surface area (Å²) >= 11 is 0. The third-order valence-corrected chi connectivity index (χ3v) is 10.1. The molecule has 0 bridgehead atoms. The van der Waals surface area contributed by atoms with Crippen LogP contribution in [-0.4, -0.2) is 54.6 Å². The molecule has 2 aliphatic heterocycles. The number of aliphatic hydroxyl groups excluding tert-OH is 1. The maximum Gasteiger partial charge on any atom is 0.227 e. The molecule has 10 atom stereocenters. The maximum absolute atomic E-state index is 17.3. The Morgan fingerprint density at radius 2 is 1.88 bits per heavy atom. The van der Waals surface area contributed by atoms with Gasteiger partial charge in [0.1, 0.15) is 18.4 Å². The van der Waals surface area contributed by atoms with E-state index in [1.165, 1.54) is 0 Å². The number of hydrogen-bond donors (Lipinski definition) is 1. The van der Waals surface area contributed by atoms with Crippen molar-refractivity contribution < 1.29 is 32.8 Å². The fourth-order valence-corrected chi connectivity index (χ4v) is 8.80. The average Bonchev–Trinajstić information content (AvgIpc) is 3.42. The Kier molecular flexibility index (Phi) is 4.22. The van der Waals surface area contributed by atoms with Gasteiger partial charge in [-0.1, -0.05) is 38.7 Å². The van der Waals surface area contributed by atoms with Gasteiger partial charge in [0.05, 0.1) is 6.10 Å². The van der Waals surface area contributed by atoms with Crippen molar-refractivity contribution >= 4 is 0 Å². The van der Waals surface area contributed by atoms with Gasteiger partial charge >= 0.3 is 0 Å². The van der Waals surface area contributed by atoms with Gasteiger partial charge in [0, 0.05) is 16.7 Å². The molecule has 0 aromatic carbocycles. The second kappa shape index (κ2) is 6.30. The molecule has 6 rings (SSSR count). The summed E-state index contributed by atoms with van der Waals surface area (Å²) < 4.78 is 56.9. The minimum absolute atomic E-state index is 0.0321. The quantitative estimate of drug-likeness (QED) is 0.605. The van der Waals surface area contributed by atoms with E-state index in [9.17, 15) is 5.11 Å². The molecule has 5 fully saturated rings. The molecule has 4 aliphatic carbocycles. The van der Waals surface area contributed by atoms with E-state index in [0.29, 0.717) is 17.6 Å². The predicted molar refractivity (Wildman–Crippen MR) is 112 cm³/mol. The van der Waals surface area contributed by atoms with Gasteiger partial charge in [-0.25, -0.2) is 8.78 Å². The Hall–Kier alpha value is -1.12. The first-order valence-corrected chi connectivity index (χ1v) is 11.7. The van der Waals surface area contributed by atoms with E-state index in [0.717, 1.165) is 0 Å². The summed E-state index contributed by atoms with van der Waals surface area (Å²) in [5, 5.41) is 11.5. The highest BCUT2D eigenvalue weighted by Gasteiger charge is 2.82. The van der Waals surface area contributed by atoms with Gasteiger partial charge in [-0.3, -0.25) is 0 Å². The van der Waals surface area contributed by atoms with Crippen molar-refractivity contribution in [3.8, 4) is 0 Å². The standard InChI is InChI=1S/C25H32F2O5/c1-14-5-6-21(3)18(7-14)19(26)9-17-16-8-15(2)25(22(16,4)10-20(28)24(17,21)27)23(31-13-32-25)11-29-12-30-23/h5-7,15-17,19-20,28H,1,8-13H2,2-4H3/t15-,16-,17-,19-,20-,21-,22-,23?,24-,25+/m0/s1. The molecule has 0 amide bonds. The SMILES string of the molecule is C=C1C=C[C@@]2(C)C(=C1)[C@@H](F)C[C@H]1[C@@H]3C[C@H](C)[C@@]4(OCOC45COCO5)[C@@]3(C)C[C@H](O)[C@@]12F. The van der Waals surface area contributed by atoms with Crippen molar-refractivity contribution in [3.63, 3.8) is 0 Å². The van der Waals surface area contributed by atoms with Crippen LogP contribution in [0.2, 0.25) is 0 Å². The van der Waals surface area contributed by atoms with E-state index >= 15 is 8.78 Å². The second-order valence-electron chi connectivity index (χ2n) is 11.2. The average molecular weight is 451 g/mol. The van der Waals surface area contributed by atoms with Crippen LogP contribution in [0.15, 0.2) is 36.0 Å². The van der Waals surface area contributed by atoms with E-state index in [1.54, 1.807) is 25.2 Å². The molecule has 32 heavy (non-hydrogen) atoms. The Morgan fingerprint density at radius 3 is 2.59 bits per heavy atom. The molecule has 0 aromatic heterocycles. The lowest BCUT2D eigenvalue weighted by atomic mass is 9.44. The number of allylic oxidation sites excluding steroid dienone is 5. The summed E-state index contributed by atoms with van der Waals surface area (Å²) in [6.07, 6.45) is 3.39. The second-order valence-corrected chi connectivity index (χ2v) is 11.2. The van der Waals surface area contributed by atoms with Crippen molar-refractivity contribution in [1.82, 2.24) is 0 Å². The number of aliphatic hydroxyl groups is 1. The van der Waals surface area contributed by atoms with E-state index in [1.807, 2.05) is 6.92 Å². The van der Waals surface area contributed by atoms with Gasteiger partial charge in [-0.05, 0) is 49.2 Å². The lowest BCUT2D eigenvalue weighted by Crippen LogP contribution is -2.72. The summed E-state index contributed by atoms with van der Waals surface area (Å²) in [5.74, 6) is -2.01. The number of rotatable bonds is 0. The first-order chi connectivity index (χ1) is 15.1. The van der Waals surface area contributed by atoms with Crippen LogP contribution in [0, 0.1) is 28.6 Å². The zero-order valence-corrected chi connectivity index (χ0v) is 18.9. The van der Waals surface area contributed by atoms with Crippen LogP contribution in [0.4, 0.5) is 8.78 Å². The third-order valence-electron chi connectivity index (χ3n) is 10.1. The van der Waals surface area contributed by atoms with E-state index in [-0.39, 0.29) is 44.9 Å². The van der Waals surface area contributed by atoms with Crippen molar-refractivity contribution in [2.45, 2.75) is 69.4 Å². The van der Waals surface area contributed by atoms with Crippen LogP contribution in [-0.2, 0) is 18.9 Å². The van der Waals surface area contributed by atoms with Crippen molar-refractivity contribution in [2.24, 2.45) is 28.6 Å². The molecule has 3 saturated carbocycles. The molecular weight excluding hydrogens is 418 g/mol. The molecule has 5 nitrogen and oxygen atoms in total. The third kappa shape index (κ3) is 2.08. The highest BCUT2D eigenvalue weighted by atomic mass is 19.1. The molecular formula is C25H32F2O5. The summed E-state index contributed by atoms with van der Waals surface area (Å²) in [4.78, 5) is 0. The predicted octanol–water partition coefficient (Wildman–Crippen LogP) is 3.98. The molecule has 2 spiro atoms. The largest absolute Gasteiger partial charge is 0.390 e. The topological polar surface area (TPSA) is 57.2 Å². The molecule has 1 N–H and O–H groups in total. The molecule has 2 saturated heterocycles. The van der Waals surface area contributed by atoms with Crippen LogP contribution in [0.5, 0.6) is 0 Å².